The van der Waals surface area contributed by atoms with Gasteiger partial charge < -0.3 is 5.11 Å². The van der Waals surface area contributed by atoms with Gasteiger partial charge in [-0.1, -0.05) is 42.5 Å². The first-order valence-electron chi connectivity index (χ1n) is 6.32. The molecule has 0 bridgehead atoms. The van der Waals surface area contributed by atoms with E-state index in [1.165, 1.54) is 6.07 Å². The van der Waals surface area contributed by atoms with Crippen LogP contribution in [0.3, 0.4) is 0 Å². The first-order chi connectivity index (χ1) is 9.75. The van der Waals surface area contributed by atoms with Crippen LogP contribution < -0.4 is 0 Å². The molecule has 0 heterocycles. The maximum absolute atomic E-state index is 13.6. The lowest BCUT2D eigenvalue weighted by molar-refractivity contribution is 0.481. The largest absolute Gasteiger partial charge is 0.507 e. The fourth-order valence-electron chi connectivity index (χ4n) is 2.15. The molecule has 0 saturated carbocycles. The van der Waals surface area contributed by atoms with Crippen LogP contribution in [0.15, 0.2) is 65.6 Å². The molecule has 3 aromatic carbocycles. The van der Waals surface area contributed by atoms with Crippen molar-refractivity contribution in [2.45, 2.75) is 10.6 Å². The molecule has 0 spiro atoms. The average molecular weight is 284 g/mol. The van der Waals surface area contributed by atoms with Crippen LogP contribution in [0, 0.1) is 5.82 Å². The maximum Gasteiger partial charge on any atom is 0.127 e. The minimum atomic E-state index is -0.178. The van der Waals surface area contributed by atoms with Crippen molar-refractivity contribution in [3.63, 3.8) is 0 Å². The van der Waals surface area contributed by atoms with Crippen molar-refractivity contribution >= 4 is 22.5 Å². The van der Waals surface area contributed by atoms with E-state index in [0.29, 0.717) is 11.3 Å². The highest BCUT2D eigenvalue weighted by molar-refractivity contribution is 7.98. The average Bonchev–Trinajstić information content (AvgIpc) is 2.48. The first kappa shape index (κ1) is 13.0. The Morgan fingerprint density at radius 1 is 0.850 bits per heavy atom. The van der Waals surface area contributed by atoms with Crippen molar-refractivity contribution in [1.82, 2.24) is 0 Å². The minimum Gasteiger partial charge on any atom is -0.507 e. The number of phenolic OH excluding ortho intramolecular Hbond substituents is 1. The third-order valence-corrected chi connectivity index (χ3v) is 4.32. The van der Waals surface area contributed by atoms with Gasteiger partial charge in [0, 0.05) is 16.0 Å². The van der Waals surface area contributed by atoms with Crippen molar-refractivity contribution < 1.29 is 9.50 Å². The van der Waals surface area contributed by atoms with E-state index in [-0.39, 0.29) is 11.6 Å². The topological polar surface area (TPSA) is 20.2 Å². The van der Waals surface area contributed by atoms with Crippen LogP contribution in [0.2, 0.25) is 0 Å². The van der Waals surface area contributed by atoms with Gasteiger partial charge in [-0.2, -0.15) is 0 Å². The standard InChI is InChI=1S/C17H13FOS/c18-15-8-4-1-5-12(15)11-20-17-10-9-16(19)13-6-2-3-7-14(13)17/h1-10,19H,11H2. The molecule has 0 unspecified atom stereocenters. The molecule has 0 atom stereocenters. The lowest BCUT2D eigenvalue weighted by Crippen LogP contribution is -1.87. The highest BCUT2D eigenvalue weighted by Gasteiger charge is 2.07. The van der Waals surface area contributed by atoms with Crippen LogP contribution >= 0.6 is 11.8 Å². The Labute approximate surface area is 121 Å². The van der Waals surface area contributed by atoms with E-state index < -0.39 is 0 Å². The zero-order chi connectivity index (χ0) is 13.9. The summed E-state index contributed by atoms with van der Waals surface area (Å²) in [5, 5.41) is 11.7. The van der Waals surface area contributed by atoms with Gasteiger partial charge in [-0.3, -0.25) is 0 Å². The monoisotopic (exact) mass is 284 g/mol. The van der Waals surface area contributed by atoms with Crippen LogP contribution in [0.5, 0.6) is 5.75 Å². The summed E-state index contributed by atoms with van der Waals surface area (Å²) in [5.74, 6) is 0.667. The third kappa shape index (κ3) is 2.49. The number of phenols is 1. The van der Waals surface area contributed by atoms with Crippen LogP contribution in [-0.2, 0) is 5.75 Å². The molecule has 100 valence electrons. The van der Waals surface area contributed by atoms with E-state index in [4.69, 9.17) is 0 Å². The molecule has 20 heavy (non-hydrogen) atoms. The van der Waals surface area contributed by atoms with E-state index in [9.17, 15) is 9.50 Å². The summed E-state index contributed by atoms with van der Waals surface area (Å²) in [6.45, 7) is 0. The SMILES string of the molecule is Oc1ccc(SCc2ccccc2F)c2ccccc12. The highest BCUT2D eigenvalue weighted by Crippen LogP contribution is 2.34. The lowest BCUT2D eigenvalue weighted by Gasteiger charge is -2.08. The van der Waals surface area contributed by atoms with Gasteiger partial charge in [0.1, 0.15) is 11.6 Å². The van der Waals surface area contributed by atoms with E-state index in [1.807, 2.05) is 36.4 Å². The number of halogens is 1. The van der Waals surface area contributed by atoms with Gasteiger partial charge in [0.15, 0.2) is 0 Å². The number of fused-ring (bicyclic) bond motifs is 1. The lowest BCUT2D eigenvalue weighted by atomic mass is 10.1. The molecular weight excluding hydrogens is 271 g/mol. The second-order valence-electron chi connectivity index (χ2n) is 4.51. The van der Waals surface area contributed by atoms with E-state index in [2.05, 4.69) is 0 Å². The van der Waals surface area contributed by atoms with Crippen molar-refractivity contribution in [1.29, 1.82) is 0 Å². The number of rotatable bonds is 3. The summed E-state index contributed by atoms with van der Waals surface area (Å²) in [5.41, 5.74) is 0.689. The molecule has 0 aliphatic carbocycles. The summed E-state index contributed by atoms with van der Waals surface area (Å²) in [4.78, 5) is 1.04. The van der Waals surface area contributed by atoms with Gasteiger partial charge in [-0.15, -0.1) is 11.8 Å². The van der Waals surface area contributed by atoms with Gasteiger partial charge in [0.05, 0.1) is 0 Å². The Morgan fingerprint density at radius 2 is 1.55 bits per heavy atom. The molecule has 3 rings (SSSR count). The number of hydrogen-bond acceptors (Lipinski definition) is 2. The molecule has 0 amide bonds. The summed E-state index contributed by atoms with van der Waals surface area (Å²) in [6.07, 6.45) is 0. The molecule has 3 heteroatoms. The smallest absolute Gasteiger partial charge is 0.127 e. The maximum atomic E-state index is 13.6. The second kappa shape index (κ2) is 5.55. The molecule has 1 N–H and O–H groups in total. The van der Waals surface area contributed by atoms with E-state index in [0.717, 1.165) is 15.7 Å². The predicted octanol–water partition coefficient (Wildman–Crippen LogP) is 4.98. The fourth-order valence-corrected chi connectivity index (χ4v) is 3.20. The fraction of sp³-hybridized carbons (Fsp3) is 0.0588. The van der Waals surface area contributed by atoms with Gasteiger partial charge in [0.25, 0.3) is 0 Å². The Morgan fingerprint density at radius 3 is 2.35 bits per heavy atom. The summed E-state index contributed by atoms with van der Waals surface area (Å²) >= 11 is 1.57. The summed E-state index contributed by atoms with van der Waals surface area (Å²) in [7, 11) is 0. The molecule has 0 aliphatic heterocycles. The molecule has 0 fully saturated rings. The normalized spacial score (nSPS) is 10.8. The van der Waals surface area contributed by atoms with Crippen LogP contribution in [-0.4, -0.2) is 5.11 Å². The quantitative estimate of drug-likeness (QED) is 0.685. The van der Waals surface area contributed by atoms with Crippen LogP contribution in [0.1, 0.15) is 5.56 Å². The Kier molecular flexibility index (Phi) is 3.61. The molecule has 0 saturated heterocycles. The van der Waals surface area contributed by atoms with E-state index in [1.54, 1.807) is 30.0 Å². The molecule has 0 radical (unpaired) electrons. The van der Waals surface area contributed by atoms with Gasteiger partial charge >= 0.3 is 0 Å². The van der Waals surface area contributed by atoms with Crippen molar-refractivity contribution in [2.24, 2.45) is 0 Å². The number of hydrogen-bond donors (Lipinski definition) is 1. The van der Waals surface area contributed by atoms with Crippen LogP contribution in [0.4, 0.5) is 4.39 Å². The summed E-state index contributed by atoms with van der Waals surface area (Å²) in [6, 6.07) is 18.1. The molecule has 3 aromatic rings. The molecular formula is C17H13FOS. The Balaban J connectivity index is 1.92. The number of aromatic hydroxyl groups is 1. The second-order valence-corrected chi connectivity index (χ2v) is 5.53. The number of thioether (sulfide) groups is 1. The highest BCUT2D eigenvalue weighted by atomic mass is 32.2. The Bertz CT molecular complexity index is 755. The molecule has 0 aliphatic rings. The van der Waals surface area contributed by atoms with Gasteiger partial charge in [-0.25, -0.2) is 4.39 Å². The number of benzene rings is 3. The zero-order valence-corrected chi connectivity index (χ0v) is 11.5. The Hall–Kier alpha value is -2.00. The zero-order valence-electron chi connectivity index (χ0n) is 10.7. The van der Waals surface area contributed by atoms with Crippen LogP contribution in [0.25, 0.3) is 10.8 Å². The van der Waals surface area contributed by atoms with Crippen molar-refractivity contribution in [3.05, 3.63) is 72.0 Å². The summed E-state index contributed by atoms with van der Waals surface area (Å²) < 4.78 is 13.6. The first-order valence-corrected chi connectivity index (χ1v) is 7.31. The van der Waals surface area contributed by atoms with Crippen molar-refractivity contribution in [2.75, 3.05) is 0 Å². The van der Waals surface area contributed by atoms with E-state index >= 15 is 0 Å². The minimum absolute atomic E-state index is 0.178. The predicted molar refractivity (Wildman–Crippen MR) is 81.6 cm³/mol. The molecule has 1 nitrogen and oxygen atoms in total. The van der Waals surface area contributed by atoms with Gasteiger partial charge in [-0.05, 0) is 29.1 Å². The van der Waals surface area contributed by atoms with Gasteiger partial charge in [0.2, 0.25) is 0 Å². The molecule has 0 aromatic heterocycles. The van der Waals surface area contributed by atoms with Crippen molar-refractivity contribution in [3.8, 4) is 5.75 Å². The third-order valence-electron chi connectivity index (χ3n) is 3.20.